The zero-order valence-electron chi connectivity index (χ0n) is 14.3. The Hall–Kier alpha value is -3.15. The van der Waals surface area contributed by atoms with E-state index in [4.69, 9.17) is 0 Å². The van der Waals surface area contributed by atoms with Gasteiger partial charge in [0.15, 0.2) is 0 Å². The van der Waals surface area contributed by atoms with Gasteiger partial charge in [-0.25, -0.2) is 14.5 Å². The largest absolute Gasteiger partial charge is 0.331 e. The van der Waals surface area contributed by atoms with E-state index in [1.807, 2.05) is 61.5 Å². The van der Waals surface area contributed by atoms with E-state index in [1.54, 1.807) is 23.0 Å². The number of aromatic nitrogens is 3. The number of hydrogen-bond acceptors (Lipinski definition) is 3. The molecular weight excluding hydrogens is 314 g/mol. The van der Waals surface area contributed by atoms with Crippen molar-refractivity contribution >= 4 is 6.03 Å². The van der Waals surface area contributed by atoms with E-state index < -0.39 is 0 Å². The summed E-state index contributed by atoms with van der Waals surface area (Å²) >= 11 is 0. The van der Waals surface area contributed by atoms with Gasteiger partial charge in [0.05, 0.1) is 11.7 Å². The second kappa shape index (κ2) is 7.61. The molecule has 2 amide bonds. The van der Waals surface area contributed by atoms with E-state index in [0.717, 1.165) is 16.8 Å². The highest BCUT2D eigenvalue weighted by atomic mass is 16.2. The Labute approximate surface area is 147 Å². The van der Waals surface area contributed by atoms with Crippen LogP contribution in [-0.2, 0) is 6.54 Å². The van der Waals surface area contributed by atoms with Crippen molar-refractivity contribution in [3.63, 3.8) is 0 Å². The molecule has 0 aliphatic rings. The predicted molar refractivity (Wildman–Crippen MR) is 96.2 cm³/mol. The quantitative estimate of drug-likeness (QED) is 0.779. The molecule has 128 valence electrons. The van der Waals surface area contributed by atoms with E-state index in [2.05, 4.69) is 15.4 Å². The van der Waals surface area contributed by atoms with E-state index >= 15 is 0 Å². The average Bonchev–Trinajstić information content (AvgIpc) is 3.17. The highest BCUT2D eigenvalue weighted by Gasteiger charge is 2.13. The number of benzene rings is 2. The number of nitrogens with one attached hydrogen (secondary N) is 1. The first-order chi connectivity index (χ1) is 12.1. The standard InChI is InChI=1S/C19H21N5O/c1-15(17-8-10-18(11-9-17)24-14-20-13-21-24)22-19(25)23(2)12-16-6-4-3-5-7-16/h3-11,13-15H,12H2,1-2H3,(H,22,25). The van der Waals surface area contributed by atoms with Crippen molar-refractivity contribution in [1.29, 1.82) is 0 Å². The number of carbonyl (C=O) groups is 1. The second-order valence-corrected chi connectivity index (χ2v) is 5.94. The summed E-state index contributed by atoms with van der Waals surface area (Å²) in [7, 11) is 1.79. The van der Waals surface area contributed by atoms with Gasteiger partial charge in [-0.3, -0.25) is 0 Å². The number of rotatable bonds is 5. The SMILES string of the molecule is CC(NC(=O)N(C)Cc1ccccc1)c1ccc(-n2cncn2)cc1. The van der Waals surface area contributed by atoms with Gasteiger partial charge in [0.2, 0.25) is 0 Å². The van der Waals surface area contributed by atoms with Crippen molar-refractivity contribution in [2.45, 2.75) is 19.5 Å². The van der Waals surface area contributed by atoms with Crippen LogP contribution in [0.25, 0.3) is 5.69 Å². The summed E-state index contributed by atoms with van der Waals surface area (Å²) in [4.78, 5) is 18.0. The highest BCUT2D eigenvalue weighted by molar-refractivity contribution is 5.74. The molecule has 3 aromatic rings. The third-order valence-corrected chi connectivity index (χ3v) is 4.03. The van der Waals surface area contributed by atoms with E-state index in [0.29, 0.717) is 6.54 Å². The summed E-state index contributed by atoms with van der Waals surface area (Å²) in [5, 5.41) is 7.12. The first-order valence-electron chi connectivity index (χ1n) is 8.14. The molecule has 0 radical (unpaired) electrons. The molecule has 0 bridgehead atoms. The van der Waals surface area contributed by atoms with Crippen molar-refractivity contribution in [3.8, 4) is 5.69 Å². The molecule has 0 aliphatic carbocycles. The molecule has 1 heterocycles. The maximum absolute atomic E-state index is 12.4. The lowest BCUT2D eigenvalue weighted by Gasteiger charge is -2.22. The minimum absolute atomic E-state index is 0.0875. The van der Waals surface area contributed by atoms with Crippen LogP contribution in [0.1, 0.15) is 24.1 Å². The molecule has 6 heteroatoms. The molecule has 0 spiro atoms. The molecule has 0 saturated heterocycles. The van der Waals surface area contributed by atoms with Crippen molar-refractivity contribution in [2.75, 3.05) is 7.05 Å². The Kier molecular flexibility index (Phi) is 5.09. The summed E-state index contributed by atoms with van der Waals surface area (Å²) in [6.07, 6.45) is 3.15. The number of amides is 2. The molecule has 2 aromatic carbocycles. The van der Waals surface area contributed by atoms with Gasteiger partial charge in [-0.2, -0.15) is 5.10 Å². The fourth-order valence-corrected chi connectivity index (χ4v) is 2.57. The van der Waals surface area contributed by atoms with Crippen molar-refractivity contribution in [3.05, 3.63) is 78.4 Å². The number of hydrogen-bond donors (Lipinski definition) is 1. The van der Waals surface area contributed by atoms with Gasteiger partial charge in [0, 0.05) is 13.6 Å². The van der Waals surface area contributed by atoms with Crippen LogP contribution < -0.4 is 5.32 Å². The molecular formula is C19H21N5O. The smallest absolute Gasteiger partial charge is 0.317 e. The van der Waals surface area contributed by atoms with Crippen molar-refractivity contribution in [1.82, 2.24) is 25.0 Å². The first kappa shape index (κ1) is 16.7. The van der Waals surface area contributed by atoms with Crippen LogP contribution in [0.4, 0.5) is 4.79 Å². The van der Waals surface area contributed by atoms with Crippen LogP contribution in [0.15, 0.2) is 67.3 Å². The normalized spacial score (nSPS) is 11.8. The van der Waals surface area contributed by atoms with Crippen LogP contribution in [0, 0.1) is 0 Å². The Morgan fingerprint density at radius 3 is 2.52 bits per heavy atom. The summed E-state index contributed by atoms with van der Waals surface area (Å²) < 4.78 is 1.70. The fourth-order valence-electron chi connectivity index (χ4n) is 2.57. The van der Waals surface area contributed by atoms with Crippen molar-refractivity contribution < 1.29 is 4.79 Å². The Morgan fingerprint density at radius 2 is 1.88 bits per heavy atom. The van der Waals surface area contributed by atoms with Crippen LogP contribution in [0.3, 0.4) is 0 Å². The zero-order chi connectivity index (χ0) is 17.6. The van der Waals surface area contributed by atoms with Crippen molar-refractivity contribution in [2.24, 2.45) is 0 Å². The lowest BCUT2D eigenvalue weighted by atomic mass is 10.1. The number of carbonyl (C=O) groups excluding carboxylic acids is 1. The monoisotopic (exact) mass is 335 g/mol. The second-order valence-electron chi connectivity index (χ2n) is 5.94. The summed E-state index contributed by atoms with van der Waals surface area (Å²) in [5.41, 5.74) is 3.07. The maximum Gasteiger partial charge on any atom is 0.317 e. The van der Waals surface area contributed by atoms with Crippen LogP contribution in [-0.4, -0.2) is 32.7 Å². The fraction of sp³-hybridized carbons (Fsp3) is 0.211. The molecule has 1 unspecified atom stereocenters. The van der Waals surface area contributed by atoms with Gasteiger partial charge >= 0.3 is 6.03 Å². The van der Waals surface area contributed by atoms with Gasteiger partial charge in [0.25, 0.3) is 0 Å². The molecule has 0 aliphatic heterocycles. The number of urea groups is 1. The lowest BCUT2D eigenvalue weighted by molar-refractivity contribution is 0.203. The Bertz CT molecular complexity index is 800. The molecule has 0 saturated carbocycles. The number of nitrogens with zero attached hydrogens (tertiary/aromatic N) is 4. The van der Waals surface area contributed by atoms with E-state index in [1.165, 1.54) is 6.33 Å². The van der Waals surface area contributed by atoms with Gasteiger partial charge in [-0.05, 0) is 30.2 Å². The minimum atomic E-state index is -0.100. The van der Waals surface area contributed by atoms with Gasteiger partial charge in [-0.1, -0.05) is 42.5 Å². The molecule has 1 N–H and O–H groups in total. The summed E-state index contributed by atoms with van der Waals surface area (Å²) in [6.45, 7) is 2.54. The molecule has 0 fully saturated rings. The maximum atomic E-state index is 12.4. The molecule has 3 rings (SSSR count). The van der Waals surface area contributed by atoms with Gasteiger partial charge in [0.1, 0.15) is 12.7 Å². The Balaban J connectivity index is 1.59. The van der Waals surface area contributed by atoms with Crippen LogP contribution >= 0.6 is 0 Å². The third kappa shape index (κ3) is 4.23. The van der Waals surface area contributed by atoms with E-state index in [-0.39, 0.29) is 12.1 Å². The lowest BCUT2D eigenvalue weighted by Crippen LogP contribution is -2.38. The summed E-state index contributed by atoms with van der Waals surface area (Å²) in [5.74, 6) is 0. The molecule has 25 heavy (non-hydrogen) atoms. The minimum Gasteiger partial charge on any atom is -0.331 e. The topological polar surface area (TPSA) is 63.1 Å². The van der Waals surface area contributed by atoms with Crippen LogP contribution in [0.2, 0.25) is 0 Å². The average molecular weight is 335 g/mol. The zero-order valence-corrected chi connectivity index (χ0v) is 14.3. The molecule has 1 aromatic heterocycles. The predicted octanol–water partition coefficient (Wildman–Crippen LogP) is 3.17. The summed E-state index contributed by atoms with van der Waals surface area (Å²) in [6, 6.07) is 17.6. The van der Waals surface area contributed by atoms with Gasteiger partial charge < -0.3 is 10.2 Å². The van der Waals surface area contributed by atoms with Crippen LogP contribution in [0.5, 0.6) is 0 Å². The molecule has 6 nitrogen and oxygen atoms in total. The first-order valence-corrected chi connectivity index (χ1v) is 8.14. The van der Waals surface area contributed by atoms with E-state index in [9.17, 15) is 4.79 Å². The third-order valence-electron chi connectivity index (χ3n) is 4.03. The highest BCUT2D eigenvalue weighted by Crippen LogP contribution is 2.15. The van der Waals surface area contributed by atoms with Gasteiger partial charge in [-0.15, -0.1) is 0 Å². The molecule has 1 atom stereocenters. The Morgan fingerprint density at radius 1 is 1.16 bits per heavy atom.